The van der Waals surface area contributed by atoms with Crippen LogP contribution in [0.4, 0.5) is 0 Å². The Morgan fingerprint density at radius 1 is 0.727 bits per heavy atom. The Hall–Kier alpha value is -2.22. The van der Waals surface area contributed by atoms with E-state index in [2.05, 4.69) is 45.0 Å². The zero-order chi connectivity index (χ0) is 16.1. The van der Waals surface area contributed by atoms with Crippen molar-refractivity contribution in [2.45, 2.75) is 20.8 Å². The molecule has 2 rings (SSSR count). The molecule has 0 fully saturated rings. The van der Waals surface area contributed by atoms with E-state index in [1.54, 1.807) is 14.2 Å². The summed E-state index contributed by atoms with van der Waals surface area (Å²) in [6.45, 7) is 6.65. The molecule has 0 aliphatic rings. The lowest BCUT2D eigenvalue weighted by atomic mass is 9.89. The van der Waals surface area contributed by atoms with E-state index < -0.39 is 0 Å². The Labute approximate surface area is 133 Å². The Bertz CT molecular complexity index is 585. The third-order valence-corrected chi connectivity index (χ3v) is 4.02. The largest absolute Gasteiger partial charge is 0.497 e. The molecular formula is C20H24O2. The second-order valence-corrected chi connectivity index (χ2v) is 5.67. The Morgan fingerprint density at radius 2 is 1.09 bits per heavy atom. The summed E-state index contributed by atoms with van der Waals surface area (Å²) in [5, 5.41) is 0. The van der Waals surface area contributed by atoms with Crippen molar-refractivity contribution < 1.29 is 9.47 Å². The highest BCUT2D eigenvalue weighted by molar-refractivity contribution is 5.82. The molecule has 2 heteroatoms. The van der Waals surface area contributed by atoms with Gasteiger partial charge in [0.25, 0.3) is 0 Å². The monoisotopic (exact) mass is 296 g/mol. The summed E-state index contributed by atoms with van der Waals surface area (Å²) in [5.41, 5.74) is 5.06. The molecule has 0 N–H and O–H groups in total. The van der Waals surface area contributed by atoms with E-state index in [1.807, 2.05) is 24.3 Å². The molecule has 116 valence electrons. The molecule has 0 spiro atoms. The molecule has 0 radical (unpaired) electrons. The molecule has 0 bridgehead atoms. The zero-order valence-electron chi connectivity index (χ0n) is 14.0. The van der Waals surface area contributed by atoms with Crippen LogP contribution in [0.1, 0.15) is 31.9 Å². The molecular weight excluding hydrogens is 272 g/mol. The average molecular weight is 296 g/mol. The third-order valence-electron chi connectivity index (χ3n) is 4.02. The van der Waals surface area contributed by atoms with Gasteiger partial charge in [-0.1, -0.05) is 43.7 Å². The van der Waals surface area contributed by atoms with Crippen molar-refractivity contribution in [3.05, 3.63) is 65.2 Å². The summed E-state index contributed by atoms with van der Waals surface area (Å²) in [7, 11) is 3.38. The minimum atomic E-state index is 0.485. The number of hydrogen-bond acceptors (Lipinski definition) is 2. The van der Waals surface area contributed by atoms with Gasteiger partial charge in [0, 0.05) is 0 Å². The molecule has 2 nitrogen and oxygen atoms in total. The van der Waals surface area contributed by atoms with Crippen LogP contribution in [0, 0.1) is 5.92 Å². The maximum Gasteiger partial charge on any atom is 0.118 e. The minimum absolute atomic E-state index is 0.485. The normalized spacial score (nSPS) is 10.5. The molecule has 0 amide bonds. The summed E-state index contributed by atoms with van der Waals surface area (Å²) >= 11 is 0. The van der Waals surface area contributed by atoms with Gasteiger partial charge in [-0.05, 0) is 53.8 Å². The van der Waals surface area contributed by atoms with Crippen molar-refractivity contribution in [2.24, 2.45) is 5.92 Å². The maximum atomic E-state index is 5.26. The van der Waals surface area contributed by atoms with Crippen molar-refractivity contribution in [3.63, 3.8) is 0 Å². The molecule has 22 heavy (non-hydrogen) atoms. The summed E-state index contributed by atoms with van der Waals surface area (Å²) in [5.74, 6) is 2.24. The van der Waals surface area contributed by atoms with E-state index >= 15 is 0 Å². The number of benzene rings is 2. The van der Waals surface area contributed by atoms with Gasteiger partial charge in [-0.3, -0.25) is 0 Å². The lowest BCUT2D eigenvalue weighted by Gasteiger charge is -2.17. The summed E-state index contributed by atoms with van der Waals surface area (Å²) in [4.78, 5) is 0. The van der Waals surface area contributed by atoms with Crippen LogP contribution < -0.4 is 9.47 Å². The molecule has 0 unspecified atom stereocenters. The first-order chi connectivity index (χ1) is 10.6. The Kier molecular flexibility index (Phi) is 5.26. The summed E-state index contributed by atoms with van der Waals surface area (Å²) in [6.07, 6.45) is 0. The smallest absolute Gasteiger partial charge is 0.118 e. The molecule has 0 atom stereocenters. The van der Waals surface area contributed by atoms with Crippen molar-refractivity contribution in [3.8, 4) is 11.5 Å². The van der Waals surface area contributed by atoms with Crippen LogP contribution in [0.3, 0.4) is 0 Å². The Morgan fingerprint density at radius 3 is 1.36 bits per heavy atom. The lowest BCUT2D eigenvalue weighted by molar-refractivity contribution is 0.414. The van der Waals surface area contributed by atoms with Gasteiger partial charge in [0.15, 0.2) is 0 Å². The van der Waals surface area contributed by atoms with Gasteiger partial charge >= 0.3 is 0 Å². The molecule has 0 aliphatic heterocycles. The fraction of sp³-hybridized carbons (Fsp3) is 0.300. The zero-order valence-corrected chi connectivity index (χ0v) is 14.0. The van der Waals surface area contributed by atoms with E-state index in [0.29, 0.717) is 5.92 Å². The van der Waals surface area contributed by atoms with E-state index in [1.165, 1.54) is 22.3 Å². The van der Waals surface area contributed by atoms with E-state index in [9.17, 15) is 0 Å². The third kappa shape index (κ3) is 3.51. The SMILES string of the molecule is COc1ccc(C(=C(C)C(C)C)c2ccc(OC)cc2)cc1. The van der Waals surface area contributed by atoms with Gasteiger partial charge in [0.05, 0.1) is 14.2 Å². The van der Waals surface area contributed by atoms with Crippen LogP contribution in [0.5, 0.6) is 11.5 Å². The van der Waals surface area contributed by atoms with Gasteiger partial charge in [0.2, 0.25) is 0 Å². The van der Waals surface area contributed by atoms with Crippen LogP contribution in [-0.2, 0) is 0 Å². The summed E-state index contributed by atoms with van der Waals surface area (Å²) in [6, 6.07) is 16.5. The number of allylic oxidation sites excluding steroid dienone is 1. The lowest BCUT2D eigenvalue weighted by Crippen LogP contribution is -1.98. The standard InChI is InChI=1S/C20H24O2/c1-14(2)15(3)20(16-6-10-18(21-4)11-7-16)17-8-12-19(22-5)13-9-17/h6-14H,1-5H3. The Balaban J connectivity index is 2.53. The van der Waals surface area contributed by atoms with Crippen LogP contribution in [0.25, 0.3) is 5.57 Å². The highest BCUT2D eigenvalue weighted by atomic mass is 16.5. The van der Waals surface area contributed by atoms with Gasteiger partial charge in [-0.15, -0.1) is 0 Å². The number of ether oxygens (including phenoxy) is 2. The predicted molar refractivity (Wildman–Crippen MR) is 92.5 cm³/mol. The van der Waals surface area contributed by atoms with E-state index in [-0.39, 0.29) is 0 Å². The molecule has 0 saturated carbocycles. The van der Waals surface area contributed by atoms with Gasteiger partial charge < -0.3 is 9.47 Å². The second kappa shape index (κ2) is 7.17. The molecule has 2 aromatic carbocycles. The van der Waals surface area contributed by atoms with Crippen molar-refractivity contribution >= 4 is 5.57 Å². The van der Waals surface area contributed by atoms with Gasteiger partial charge in [0.1, 0.15) is 11.5 Å². The minimum Gasteiger partial charge on any atom is -0.497 e. The molecule has 0 saturated heterocycles. The topological polar surface area (TPSA) is 18.5 Å². The summed E-state index contributed by atoms with van der Waals surface area (Å²) < 4.78 is 10.5. The predicted octanol–water partition coefficient (Wildman–Crippen LogP) is 5.18. The van der Waals surface area contributed by atoms with E-state index in [0.717, 1.165) is 11.5 Å². The maximum absolute atomic E-state index is 5.26. The van der Waals surface area contributed by atoms with Crippen molar-refractivity contribution in [1.29, 1.82) is 0 Å². The quantitative estimate of drug-likeness (QED) is 0.756. The number of rotatable bonds is 5. The molecule has 0 aliphatic carbocycles. The number of methoxy groups -OCH3 is 2. The van der Waals surface area contributed by atoms with Crippen molar-refractivity contribution in [2.75, 3.05) is 14.2 Å². The van der Waals surface area contributed by atoms with Crippen LogP contribution >= 0.6 is 0 Å². The first-order valence-corrected chi connectivity index (χ1v) is 7.56. The fourth-order valence-corrected chi connectivity index (χ4v) is 2.43. The first kappa shape index (κ1) is 16.2. The fourth-order valence-electron chi connectivity index (χ4n) is 2.43. The van der Waals surface area contributed by atoms with E-state index in [4.69, 9.17) is 9.47 Å². The number of hydrogen-bond donors (Lipinski definition) is 0. The van der Waals surface area contributed by atoms with Crippen LogP contribution in [0.15, 0.2) is 54.1 Å². The van der Waals surface area contributed by atoms with Gasteiger partial charge in [-0.25, -0.2) is 0 Å². The van der Waals surface area contributed by atoms with Crippen LogP contribution in [-0.4, -0.2) is 14.2 Å². The average Bonchev–Trinajstić information content (AvgIpc) is 2.56. The highest BCUT2D eigenvalue weighted by Crippen LogP contribution is 2.32. The second-order valence-electron chi connectivity index (χ2n) is 5.67. The van der Waals surface area contributed by atoms with Gasteiger partial charge in [-0.2, -0.15) is 0 Å². The first-order valence-electron chi connectivity index (χ1n) is 7.56. The highest BCUT2D eigenvalue weighted by Gasteiger charge is 2.12. The molecule has 0 aromatic heterocycles. The molecule has 2 aromatic rings. The molecule has 0 heterocycles. The van der Waals surface area contributed by atoms with Crippen LogP contribution in [0.2, 0.25) is 0 Å². The van der Waals surface area contributed by atoms with Crippen molar-refractivity contribution in [1.82, 2.24) is 0 Å².